The molecule has 2 unspecified atom stereocenters. The molecule has 0 aromatic heterocycles. The van der Waals surface area contributed by atoms with Gasteiger partial charge in [0.2, 0.25) is 5.91 Å². The van der Waals surface area contributed by atoms with E-state index in [0.717, 1.165) is 38.5 Å². The first-order valence-electron chi connectivity index (χ1n) is 28.5. The van der Waals surface area contributed by atoms with Gasteiger partial charge in [0.1, 0.15) is 0 Å². The molecule has 0 aliphatic carbocycles. The van der Waals surface area contributed by atoms with Gasteiger partial charge in [-0.3, -0.25) is 9.59 Å². The fourth-order valence-corrected chi connectivity index (χ4v) is 8.93. The topological polar surface area (TPSA) is 95.9 Å². The van der Waals surface area contributed by atoms with Gasteiger partial charge >= 0.3 is 5.97 Å². The number of hydrogen-bond donors (Lipinski definition) is 3. The van der Waals surface area contributed by atoms with Gasteiger partial charge < -0.3 is 20.3 Å². The highest BCUT2D eigenvalue weighted by molar-refractivity contribution is 5.76. The van der Waals surface area contributed by atoms with Crippen molar-refractivity contribution in [3.8, 4) is 0 Å². The van der Waals surface area contributed by atoms with Gasteiger partial charge in [-0.25, -0.2) is 0 Å². The molecule has 0 rings (SSSR count). The first-order chi connectivity index (χ1) is 31.0. The van der Waals surface area contributed by atoms with E-state index in [9.17, 15) is 19.8 Å². The van der Waals surface area contributed by atoms with Crippen LogP contribution in [0.4, 0.5) is 0 Å². The first kappa shape index (κ1) is 61.6. The molecule has 0 aromatic carbocycles. The second-order valence-corrected chi connectivity index (χ2v) is 19.6. The Morgan fingerprint density at radius 1 is 0.429 bits per heavy atom. The van der Waals surface area contributed by atoms with Crippen LogP contribution in [0, 0.1) is 0 Å². The number of unbranched alkanes of at least 4 members (excludes halogenated alkanes) is 42. The summed E-state index contributed by atoms with van der Waals surface area (Å²) in [4.78, 5) is 24.5. The quantitative estimate of drug-likeness (QED) is 0.0321. The molecule has 0 heterocycles. The van der Waals surface area contributed by atoms with Gasteiger partial charge in [0.15, 0.2) is 0 Å². The van der Waals surface area contributed by atoms with Gasteiger partial charge in [-0.05, 0) is 32.1 Å². The average molecular weight is 891 g/mol. The molecular weight excluding hydrogens is 779 g/mol. The summed E-state index contributed by atoms with van der Waals surface area (Å²) >= 11 is 0. The number of aliphatic hydroxyl groups is 2. The molecule has 6 heteroatoms. The minimum atomic E-state index is -0.844. The number of aliphatic hydroxyl groups excluding tert-OH is 2. The second kappa shape index (κ2) is 53.2. The lowest BCUT2D eigenvalue weighted by Gasteiger charge is -2.20. The molecule has 0 radical (unpaired) electrons. The number of carbonyl (C=O) groups is 2. The standard InChI is InChI=1S/C57H111NO5/c1-3-5-7-9-11-13-14-15-16-17-18-22-25-28-31-35-39-43-47-51-57(62)63-52-48-44-40-36-32-29-26-23-20-19-21-24-27-30-34-38-42-46-50-56(61)58-54(53-59)55(60)49-45-41-37-33-12-10-8-6-4-2/h45,49,54-55,59-60H,3-44,46-48,50-53H2,1-2H3,(H,58,61)/b49-45+. The Bertz CT molecular complexity index is 939. The Morgan fingerprint density at radius 2 is 0.730 bits per heavy atom. The fourth-order valence-electron chi connectivity index (χ4n) is 8.93. The molecule has 0 aliphatic heterocycles. The van der Waals surface area contributed by atoms with Gasteiger partial charge in [0, 0.05) is 12.8 Å². The van der Waals surface area contributed by atoms with Gasteiger partial charge in [-0.15, -0.1) is 0 Å². The Hall–Kier alpha value is -1.40. The molecule has 63 heavy (non-hydrogen) atoms. The lowest BCUT2D eigenvalue weighted by atomic mass is 10.0. The number of ether oxygens (including phenoxy) is 1. The van der Waals surface area contributed by atoms with Crippen molar-refractivity contribution in [2.24, 2.45) is 0 Å². The van der Waals surface area contributed by atoms with Crippen molar-refractivity contribution in [2.75, 3.05) is 13.2 Å². The lowest BCUT2D eigenvalue weighted by molar-refractivity contribution is -0.143. The fraction of sp³-hybridized carbons (Fsp3) is 0.930. The predicted octanol–water partition coefficient (Wildman–Crippen LogP) is 17.3. The molecule has 1 amide bonds. The number of rotatable bonds is 53. The molecule has 0 aromatic rings. The third-order valence-electron chi connectivity index (χ3n) is 13.3. The van der Waals surface area contributed by atoms with E-state index in [1.54, 1.807) is 6.08 Å². The average Bonchev–Trinajstić information content (AvgIpc) is 3.28. The SMILES string of the molecule is CCCCCCCCC/C=C/C(O)C(CO)NC(=O)CCCCCCCCCCCCCCCCCCCCOC(=O)CCCCCCCCCCCCCCCCCCCCC. The van der Waals surface area contributed by atoms with Crippen molar-refractivity contribution in [1.29, 1.82) is 0 Å². The zero-order valence-electron chi connectivity index (χ0n) is 42.6. The van der Waals surface area contributed by atoms with E-state index >= 15 is 0 Å². The van der Waals surface area contributed by atoms with Crippen molar-refractivity contribution >= 4 is 11.9 Å². The number of allylic oxidation sites excluding steroid dienone is 1. The monoisotopic (exact) mass is 890 g/mol. The van der Waals surface area contributed by atoms with Gasteiger partial charge in [-0.1, -0.05) is 283 Å². The highest BCUT2D eigenvalue weighted by atomic mass is 16.5. The minimum absolute atomic E-state index is 0.0113. The summed E-state index contributed by atoms with van der Waals surface area (Å²) in [6, 6.07) is -0.628. The third-order valence-corrected chi connectivity index (χ3v) is 13.3. The van der Waals surface area contributed by atoms with Crippen LogP contribution < -0.4 is 5.32 Å². The van der Waals surface area contributed by atoms with Gasteiger partial charge in [0.25, 0.3) is 0 Å². The van der Waals surface area contributed by atoms with E-state index in [1.165, 1.54) is 250 Å². The van der Waals surface area contributed by atoms with Crippen LogP contribution in [-0.4, -0.2) is 47.4 Å². The second-order valence-electron chi connectivity index (χ2n) is 19.6. The van der Waals surface area contributed by atoms with Crippen LogP contribution >= 0.6 is 0 Å². The van der Waals surface area contributed by atoms with Crippen LogP contribution in [0.1, 0.15) is 316 Å². The van der Waals surface area contributed by atoms with E-state index in [-0.39, 0.29) is 18.5 Å². The maximum atomic E-state index is 12.4. The highest BCUT2D eigenvalue weighted by Gasteiger charge is 2.18. The summed E-state index contributed by atoms with van der Waals surface area (Å²) in [6.07, 6.45) is 62.4. The summed E-state index contributed by atoms with van der Waals surface area (Å²) in [5.74, 6) is -0.0623. The zero-order valence-corrected chi connectivity index (χ0v) is 42.6. The van der Waals surface area contributed by atoms with E-state index in [2.05, 4.69) is 19.2 Å². The first-order valence-corrected chi connectivity index (χ1v) is 28.5. The molecule has 3 N–H and O–H groups in total. The maximum Gasteiger partial charge on any atom is 0.305 e. The number of esters is 1. The minimum Gasteiger partial charge on any atom is -0.466 e. The van der Waals surface area contributed by atoms with Crippen molar-refractivity contribution < 1.29 is 24.5 Å². The number of carbonyl (C=O) groups excluding carboxylic acids is 2. The Morgan fingerprint density at radius 3 is 1.08 bits per heavy atom. The number of nitrogens with one attached hydrogen (secondary N) is 1. The highest BCUT2D eigenvalue weighted by Crippen LogP contribution is 2.17. The van der Waals surface area contributed by atoms with Crippen LogP contribution in [0.25, 0.3) is 0 Å². The summed E-state index contributed by atoms with van der Waals surface area (Å²) in [6.45, 7) is 4.89. The lowest BCUT2D eigenvalue weighted by Crippen LogP contribution is -2.45. The predicted molar refractivity (Wildman–Crippen MR) is 273 cm³/mol. The van der Waals surface area contributed by atoms with E-state index in [0.29, 0.717) is 19.4 Å². The largest absolute Gasteiger partial charge is 0.466 e. The molecule has 2 atom stereocenters. The van der Waals surface area contributed by atoms with Crippen molar-refractivity contribution in [3.05, 3.63) is 12.2 Å². The Kier molecular flexibility index (Phi) is 52.0. The van der Waals surface area contributed by atoms with Crippen molar-refractivity contribution in [2.45, 2.75) is 328 Å². The Labute approximate surface area is 393 Å². The zero-order chi connectivity index (χ0) is 45.8. The summed E-state index contributed by atoms with van der Waals surface area (Å²) in [7, 11) is 0. The molecule has 0 saturated heterocycles. The van der Waals surface area contributed by atoms with E-state index in [1.807, 2.05) is 6.08 Å². The Balaban J connectivity index is 3.35. The number of hydrogen-bond acceptors (Lipinski definition) is 5. The van der Waals surface area contributed by atoms with Crippen LogP contribution in [0.15, 0.2) is 12.2 Å². The maximum absolute atomic E-state index is 12.4. The molecule has 6 nitrogen and oxygen atoms in total. The molecule has 374 valence electrons. The van der Waals surface area contributed by atoms with Gasteiger partial charge in [-0.2, -0.15) is 0 Å². The van der Waals surface area contributed by atoms with Crippen LogP contribution in [0.5, 0.6) is 0 Å². The third kappa shape index (κ3) is 49.9. The number of amides is 1. The van der Waals surface area contributed by atoms with E-state index in [4.69, 9.17) is 4.74 Å². The molecule has 0 saturated carbocycles. The van der Waals surface area contributed by atoms with E-state index < -0.39 is 12.1 Å². The summed E-state index contributed by atoms with van der Waals surface area (Å²) in [5, 5.41) is 22.9. The smallest absolute Gasteiger partial charge is 0.305 e. The normalized spacial score (nSPS) is 12.6. The van der Waals surface area contributed by atoms with Crippen LogP contribution in [0.2, 0.25) is 0 Å². The van der Waals surface area contributed by atoms with Gasteiger partial charge in [0.05, 0.1) is 25.4 Å². The summed E-state index contributed by atoms with van der Waals surface area (Å²) in [5.41, 5.74) is 0. The van der Waals surface area contributed by atoms with Crippen LogP contribution in [0.3, 0.4) is 0 Å². The molecule has 0 bridgehead atoms. The molecular formula is C57H111NO5. The van der Waals surface area contributed by atoms with Crippen molar-refractivity contribution in [1.82, 2.24) is 5.32 Å². The molecule has 0 spiro atoms. The molecule has 0 aliphatic rings. The van der Waals surface area contributed by atoms with Crippen molar-refractivity contribution in [3.63, 3.8) is 0 Å². The molecule has 0 fully saturated rings. The van der Waals surface area contributed by atoms with Crippen LogP contribution in [-0.2, 0) is 14.3 Å². The summed E-state index contributed by atoms with van der Waals surface area (Å²) < 4.78 is 5.49.